The molecule has 2 aromatic heterocycles. The first-order valence-electron chi connectivity index (χ1n) is 10.7. The highest BCUT2D eigenvalue weighted by atomic mass is 16.5. The molecule has 0 spiro atoms. The molecule has 1 saturated heterocycles. The van der Waals surface area contributed by atoms with Crippen molar-refractivity contribution in [2.45, 2.75) is 6.92 Å². The third-order valence-corrected chi connectivity index (χ3v) is 5.42. The fourth-order valence-electron chi connectivity index (χ4n) is 3.77. The smallest absolute Gasteiger partial charge is 0.320 e. The van der Waals surface area contributed by atoms with Crippen molar-refractivity contribution in [3.8, 4) is 22.8 Å². The van der Waals surface area contributed by atoms with Gasteiger partial charge < -0.3 is 24.8 Å². The van der Waals surface area contributed by atoms with Crippen molar-refractivity contribution in [2.75, 3.05) is 64.2 Å². The van der Waals surface area contributed by atoms with E-state index in [1.807, 2.05) is 18.2 Å². The minimum atomic E-state index is -0.215. The normalized spacial score (nSPS) is 14.3. The van der Waals surface area contributed by atoms with E-state index in [1.165, 1.54) is 0 Å². The van der Waals surface area contributed by atoms with Crippen LogP contribution in [-0.4, -0.2) is 84.4 Å². The molecule has 0 radical (unpaired) electrons. The number of hydrogen-bond donors (Lipinski definition) is 1. The first kappa shape index (κ1) is 22.5. The molecule has 1 aliphatic rings. The van der Waals surface area contributed by atoms with Crippen LogP contribution in [0, 0.1) is 0 Å². The Morgan fingerprint density at radius 3 is 2.52 bits per heavy atom. The first-order valence-corrected chi connectivity index (χ1v) is 10.7. The number of carbonyl (C=O) groups is 1. The van der Waals surface area contributed by atoms with Gasteiger partial charge in [0.2, 0.25) is 5.95 Å². The standard InChI is InChI=1S/C22H27N7O4/c1-4-33-18(30)13-28-7-9-29(10-8-28)21-19-20(26-22(23)27-21)24-12-15(25-19)14-5-6-16(31-2)17(11-14)32-3/h5-6,11-12H,4,7-10,13H2,1-3H3,(H2,23,24,26,27). The molecule has 3 aromatic rings. The predicted octanol–water partition coefficient (Wildman–Crippen LogP) is 1.37. The van der Waals surface area contributed by atoms with Gasteiger partial charge in [0, 0.05) is 31.7 Å². The molecule has 1 fully saturated rings. The number of fused-ring (bicyclic) bond motifs is 1. The highest BCUT2D eigenvalue weighted by Gasteiger charge is 2.23. The summed E-state index contributed by atoms with van der Waals surface area (Å²) in [4.78, 5) is 34.0. The van der Waals surface area contributed by atoms with Gasteiger partial charge in [0.25, 0.3) is 0 Å². The van der Waals surface area contributed by atoms with Gasteiger partial charge in [0.1, 0.15) is 0 Å². The van der Waals surface area contributed by atoms with Crippen molar-refractivity contribution in [3.63, 3.8) is 0 Å². The number of hydrogen-bond acceptors (Lipinski definition) is 11. The summed E-state index contributed by atoms with van der Waals surface area (Å²) in [5.74, 6) is 1.78. The molecule has 0 atom stereocenters. The second-order valence-electron chi connectivity index (χ2n) is 7.47. The topological polar surface area (TPSA) is 129 Å². The van der Waals surface area contributed by atoms with Crippen LogP contribution in [0.1, 0.15) is 6.92 Å². The summed E-state index contributed by atoms with van der Waals surface area (Å²) in [5.41, 5.74) is 8.42. The molecule has 0 unspecified atom stereocenters. The van der Waals surface area contributed by atoms with Crippen LogP contribution in [0.5, 0.6) is 11.5 Å². The molecular formula is C22H27N7O4. The number of nitrogens with zero attached hydrogens (tertiary/aromatic N) is 6. The molecule has 1 aromatic carbocycles. The lowest BCUT2D eigenvalue weighted by atomic mass is 10.1. The van der Waals surface area contributed by atoms with Crippen LogP contribution in [0.15, 0.2) is 24.4 Å². The molecule has 0 aliphatic carbocycles. The minimum absolute atomic E-state index is 0.139. The molecule has 174 valence electrons. The monoisotopic (exact) mass is 453 g/mol. The minimum Gasteiger partial charge on any atom is -0.493 e. The zero-order valence-electron chi connectivity index (χ0n) is 18.9. The number of anilines is 2. The third-order valence-electron chi connectivity index (χ3n) is 5.42. The average molecular weight is 454 g/mol. The summed E-state index contributed by atoms with van der Waals surface area (Å²) >= 11 is 0. The molecule has 4 rings (SSSR count). The third kappa shape index (κ3) is 4.87. The van der Waals surface area contributed by atoms with Crippen LogP contribution in [0.2, 0.25) is 0 Å². The van der Waals surface area contributed by atoms with Crippen molar-refractivity contribution in [3.05, 3.63) is 24.4 Å². The van der Waals surface area contributed by atoms with Gasteiger partial charge in [-0.3, -0.25) is 9.69 Å². The molecule has 11 nitrogen and oxygen atoms in total. The van der Waals surface area contributed by atoms with E-state index in [9.17, 15) is 4.79 Å². The van der Waals surface area contributed by atoms with E-state index in [-0.39, 0.29) is 18.5 Å². The second-order valence-corrected chi connectivity index (χ2v) is 7.47. The van der Waals surface area contributed by atoms with Crippen LogP contribution < -0.4 is 20.1 Å². The van der Waals surface area contributed by atoms with Gasteiger partial charge in [-0.05, 0) is 25.1 Å². The number of piperazine rings is 1. The van der Waals surface area contributed by atoms with Gasteiger partial charge in [0.15, 0.2) is 28.5 Å². The van der Waals surface area contributed by atoms with Crippen LogP contribution in [0.3, 0.4) is 0 Å². The number of ether oxygens (including phenoxy) is 3. The van der Waals surface area contributed by atoms with Gasteiger partial charge in [-0.1, -0.05) is 0 Å². The van der Waals surface area contributed by atoms with Crippen molar-refractivity contribution < 1.29 is 19.0 Å². The lowest BCUT2D eigenvalue weighted by molar-refractivity contribution is -0.144. The van der Waals surface area contributed by atoms with Crippen LogP contribution in [0.25, 0.3) is 22.4 Å². The van der Waals surface area contributed by atoms with Gasteiger partial charge in [0.05, 0.1) is 39.3 Å². The fraction of sp³-hybridized carbons (Fsp3) is 0.409. The predicted molar refractivity (Wildman–Crippen MR) is 123 cm³/mol. The average Bonchev–Trinajstić information content (AvgIpc) is 2.83. The van der Waals surface area contributed by atoms with E-state index in [4.69, 9.17) is 24.9 Å². The number of benzene rings is 1. The van der Waals surface area contributed by atoms with Crippen LogP contribution >= 0.6 is 0 Å². The van der Waals surface area contributed by atoms with Crippen molar-refractivity contribution >= 4 is 28.9 Å². The van der Waals surface area contributed by atoms with Crippen molar-refractivity contribution in [2.24, 2.45) is 0 Å². The number of carbonyl (C=O) groups excluding carboxylic acids is 1. The Bertz CT molecular complexity index is 1150. The van der Waals surface area contributed by atoms with Crippen molar-refractivity contribution in [1.82, 2.24) is 24.8 Å². The second kappa shape index (κ2) is 9.82. The van der Waals surface area contributed by atoms with Gasteiger partial charge in [-0.15, -0.1) is 0 Å². The lowest BCUT2D eigenvalue weighted by Crippen LogP contribution is -2.48. The van der Waals surface area contributed by atoms with Crippen molar-refractivity contribution in [1.29, 1.82) is 0 Å². The quantitative estimate of drug-likeness (QED) is 0.521. The summed E-state index contributed by atoms with van der Waals surface area (Å²) in [6.45, 7) is 5.15. The van der Waals surface area contributed by atoms with E-state index < -0.39 is 0 Å². The zero-order chi connectivity index (χ0) is 23.4. The van der Waals surface area contributed by atoms with Gasteiger partial charge >= 0.3 is 5.97 Å². The van der Waals surface area contributed by atoms with Gasteiger partial charge in [-0.2, -0.15) is 9.97 Å². The molecule has 33 heavy (non-hydrogen) atoms. The number of nitrogens with two attached hydrogens (primary N) is 1. The zero-order valence-corrected chi connectivity index (χ0v) is 18.9. The maximum atomic E-state index is 11.8. The maximum Gasteiger partial charge on any atom is 0.320 e. The van der Waals surface area contributed by atoms with E-state index in [0.29, 0.717) is 67.0 Å². The number of nitrogen functional groups attached to an aromatic ring is 1. The largest absolute Gasteiger partial charge is 0.493 e. The number of rotatable bonds is 7. The Balaban J connectivity index is 1.62. The summed E-state index contributed by atoms with van der Waals surface area (Å²) in [5, 5.41) is 0. The number of esters is 1. The Hall–Kier alpha value is -3.73. The molecule has 0 amide bonds. The fourth-order valence-corrected chi connectivity index (χ4v) is 3.77. The Morgan fingerprint density at radius 2 is 1.82 bits per heavy atom. The summed E-state index contributed by atoms with van der Waals surface area (Å²) in [6, 6.07) is 5.56. The molecule has 2 N–H and O–H groups in total. The molecule has 0 saturated carbocycles. The summed E-state index contributed by atoms with van der Waals surface area (Å²) in [6.07, 6.45) is 1.65. The lowest BCUT2D eigenvalue weighted by Gasteiger charge is -2.34. The Labute approximate surface area is 191 Å². The summed E-state index contributed by atoms with van der Waals surface area (Å²) in [7, 11) is 3.18. The Morgan fingerprint density at radius 1 is 1.06 bits per heavy atom. The highest BCUT2D eigenvalue weighted by Crippen LogP contribution is 2.32. The SMILES string of the molecule is CCOC(=O)CN1CCN(c2nc(N)nc3ncc(-c4ccc(OC)c(OC)c4)nc23)CC1. The van der Waals surface area contributed by atoms with E-state index in [0.717, 1.165) is 5.56 Å². The van der Waals surface area contributed by atoms with E-state index >= 15 is 0 Å². The summed E-state index contributed by atoms with van der Waals surface area (Å²) < 4.78 is 15.8. The molecule has 0 bridgehead atoms. The first-order chi connectivity index (χ1) is 16.0. The molecule has 1 aliphatic heterocycles. The highest BCUT2D eigenvalue weighted by molar-refractivity contribution is 5.86. The molecule has 3 heterocycles. The van der Waals surface area contributed by atoms with E-state index in [1.54, 1.807) is 27.3 Å². The van der Waals surface area contributed by atoms with Crippen LogP contribution in [-0.2, 0) is 9.53 Å². The Kier molecular flexibility index (Phi) is 6.68. The van der Waals surface area contributed by atoms with Crippen LogP contribution in [0.4, 0.5) is 11.8 Å². The molecular weight excluding hydrogens is 426 g/mol. The molecule has 11 heteroatoms. The number of aromatic nitrogens is 4. The number of methoxy groups -OCH3 is 2. The van der Waals surface area contributed by atoms with Gasteiger partial charge in [-0.25, -0.2) is 9.97 Å². The van der Waals surface area contributed by atoms with E-state index in [2.05, 4.69) is 24.8 Å². The maximum absolute atomic E-state index is 11.8.